The van der Waals surface area contributed by atoms with Gasteiger partial charge in [-0.25, -0.2) is 17.9 Å². The van der Waals surface area contributed by atoms with Crippen molar-refractivity contribution in [3.05, 3.63) is 82.9 Å². The van der Waals surface area contributed by atoms with E-state index in [9.17, 15) is 18.3 Å². The third kappa shape index (κ3) is 4.72. The first-order chi connectivity index (χ1) is 13.0. The molecular formula is C19H19F3N4O. The molecule has 2 aromatic carbocycles. The van der Waals surface area contributed by atoms with Crippen molar-refractivity contribution in [2.24, 2.45) is 0 Å². The van der Waals surface area contributed by atoms with E-state index >= 15 is 0 Å². The van der Waals surface area contributed by atoms with Crippen molar-refractivity contribution in [1.82, 2.24) is 20.3 Å². The number of benzene rings is 2. The monoisotopic (exact) mass is 376 g/mol. The first-order valence-corrected chi connectivity index (χ1v) is 8.41. The van der Waals surface area contributed by atoms with Crippen LogP contribution in [-0.4, -0.2) is 27.1 Å². The van der Waals surface area contributed by atoms with E-state index in [1.807, 2.05) is 0 Å². The molecule has 8 heteroatoms. The molecule has 5 nitrogen and oxygen atoms in total. The van der Waals surface area contributed by atoms with Gasteiger partial charge in [-0.1, -0.05) is 23.4 Å². The summed E-state index contributed by atoms with van der Waals surface area (Å²) in [6.07, 6.45) is 0.941. The Morgan fingerprint density at radius 3 is 2.59 bits per heavy atom. The van der Waals surface area contributed by atoms with Crippen LogP contribution in [0, 0.1) is 17.5 Å². The Labute approximate surface area is 154 Å². The van der Waals surface area contributed by atoms with Gasteiger partial charge in [0.05, 0.1) is 30.6 Å². The van der Waals surface area contributed by atoms with E-state index < -0.39 is 23.6 Å². The SMILES string of the molecule is CNC(Cc1ccc(F)cc1F)c1cn(CC(O)c2cccc(F)c2)nn1. The number of aliphatic hydroxyl groups excluding tert-OH is 1. The van der Waals surface area contributed by atoms with Crippen LogP contribution in [0.15, 0.2) is 48.7 Å². The van der Waals surface area contributed by atoms with E-state index in [0.29, 0.717) is 16.8 Å². The number of aromatic nitrogens is 3. The number of hydrogen-bond acceptors (Lipinski definition) is 4. The molecule has 0 bridgehead atoms. The lowest BCUT2D eigenvalue weighted by atomic mass is 10.0. The summed E-state index contributed by atoms with van der Waals surface area (Å²) in [6.45, 7) is 0.0950. The van der Waals surface area contributed by atoms with E-state index in [-0.39, 0.29) is 19.0 Å². The molecule has 0 aliphatic rings. The predicted molar refractivity (Wildman–Crippen MR) is 93.2 cm³/mol. The van der Waals surface area contributed by atoms with Crippen LogP contribution in [0.2, 0.25) is 0 Å². The van der Waals surface area contributed by atoms with Crippen LogP contribution in [0.25, 0.3) is 0 Å². The zero-order valence-corrected chi connectivity index (χ0v) is 14.6. The van der Waals surface area contributed by atoms with Crippen molar-refractivity contribution in [3.63, 3.8) is 0 Å². The van der Waals surface area contributed by atoms with Gasteiger partial charge in [-0.3, -0.25) is 0 Å². The largest absolute Gasteiger partial charge is 0.386 e. The molecule has 0 spiro atoms. The second-order valence-electron chi connectivity index (χ2n) is 6.22. The molecular weight excluding hydrogens is 357 g/mol. The highest BCUT2D eigenvalue weighted by atomic mass is 19.1. The third-order valence-electron chi connectivity index (χ3n) is 4.29. The summed E-state index contributed by atoms with van der Waals surface area (Å²) < 4.78 is 41.7. The highest BCUT2D eigenvalue weighted by molar-refractivity contribution is 5.21. The van der Waals surface area contributed by atoms with E-state index in [4.69, 9.17) is 0 Å². The average Bonchev–Trinajstić information content (AvgIpc) is 3.09. The number of hydrogen-bond donors (Lipinski definition) is 2. The van der Waals surface area contributed by atoms with Gasteiger partial charge in [0.1, 0.15) is 17.5 Å². The van der Waals surface area contributed by atoms with Gasteiger partial charge in [0.25, 0.3) is 0 Å². The van der Waals surface area contributed by atoms with Crippen LogP contribution in [0.5, 0.6) is 0 Å². The Morgan fingerprint density at radius 2 is 1.89 bits per heavy atom. The smallest absolute Gasteiger partial charge is 0.129 e. The van der Waals surface area contributed by atoms with Gasteiger partial charge in [-0.15, -0.1) is 5.10 Å². The number of halogens is 3. The van der Waals surface area contributed by atoms with Gasteiger partial charge in [0, 0.05) is 6.07 Å². The first-order valence-electron chi connectivity index (χ1n) is 8.41. The zero-order chi connectivity index (χ0) is 19.4. The van der Waals surface area contributed by atoms with Crippen LogP contribution in [-0.2, 0) is 13.0 Å². The van der Waals surface area contributed by atoms with E-state index in [2.05, 4.69) is 15.6 Å². The Bertz CT molecular complexity index is 915. The van der Waals surface area contributed by atoms with Crippen LogP contribution in [0.4, 0.5) is 13.2 Å². The van der Waals surface area contributed by atoms with Crippen LogP contribution in [0.3, 0.4) is 0 Å². The maximum atomic E-state index is 13.9. The lowest BCUT2D eigenvalue weighted by Gasteiger charge is -2.14. The number of rotatable bonds is 7. The Hall–Kier alpha value is -2.71. The van der Waals surface area contributed by atoms with Gasteiger partial charge >= 0.3 is 0 Å². The molecule has 27 heavy (non-hydrogen) atoms. The van der Waals surface area contributed by atoms with Gasteiger partial charge in [-0.05, 0) is 42.8 Å². The number of aliphatic hydroxyl groups is 1. The van der Waals surface area contributed by atoms with Crippen LogP contribution < -0.4 is 5.32 Å². The minimum atomic E-state index is -0.946. The fourth-order valence-electron chi connectivity index (χ4n) is 2.82. The molecule has 3 aromatic rings. The standard InChI is InChI=1S/C19H19F3N4O/c1-23-17(8-12-5-6-15(21)9-16(12)22)18-10-26(25-24-18)11-19(27)13-3-2-4-14(20)7-13/h2-7,9-10,17,19,23,27H,8,11H2,1H3. The fraction of sp³-hybridized carbons (Fsp3) is 0.263. The molecule has 0 aliphatic carbocycles. The van der Waals surface area contributed by atoms with Crippen molar-refractivity contribution >= 4 is 0 Å². The summed E-state index contributed by atoms with van der Waals surface area (Å²) in [6, 6.07) is 8.81. The Kier molecular flexibility index (Phi) is 5.88. The molecule has 2 N–H and O–H groups in total. The molecule has 1 aromatic heterocycles. The second-order valence-corrected chi connectivity index (χ2v) is 6.22. The van der Waals surface area contributed by atoms with Gasteiger partial charge in [0.15, 0.2) is 0 Å². The van der Waals surface area contributed by atoms with Gasteiger partial charge in [0.2, 0.25) is 0 Å². The van der Waals surface area contributed by atoms with Crippen molar-refractivity contribution in [2.45, 2.75) is 25.1 Å². The highest BCUT2D eigenvalue weighted by Gasteiger charge is 2.18. The lowest BCUT2D eigenvalue weighted by molar-refractivity contribution is 0.150. The first kappa shape index (κ1) is 19.1. The summed E-state index contributed by atoms with van der Waals surface area (Å²) in [5, 5.41) is 21.3. The zero-order valence-electron chi connectivity index (χ0n) is 14.6. The highest BCUT2D eigenvalue weighted by Crippen LogP contribution is 2.20. The van der Waals surface area contributed by atoms with E-state index in [1.54, 1.807) is 19.3 Å². The quantitative estimate of drug-likeness (QED) is 0.666. The normalized spacial score (nSPS) is 13.5. The number of likely N-dealkylation sites (N-methyl/N-ethyl adjacent to an activating group) is 1. The summed E-state index contributed by atoms with van der Waals surface area (Å²) in [5.41, 5.74) is 1.34. The molecule has 1 heterocycles. The molecule has 0 saturated carbocycles. The summed E-state index contributed by atoms with van der Waals surface area (Å²) in [7, 11) is 1.70. The van der Waals surface area contributed by atoms with Gasteiger partial charge < -0.3 is 10.4 Å². The van der Waals surface area contributed by atoms with Crippen molar-refractivity contribution in [2.75, 3.05) is 7.05 Å². The molecule has 0 amide bonds. The number of nitrogens with one attached hydrogen (secondary N) is 1. The average molecular weight is 376 g/mol. The number of nitrogens with zero attached hydrogens (tertiary/aromatic N) is 3. The minimum absolute atomic E-state index is 0.0950. The van der Waals surface area contributed by atoms with Crippen molar-refractivity contribution in [3.8, 4) is 0 Å². The lowest BCUT2D eigenvalue weighted by Crippen LogP contribution is -2.20. The molecule has 3 rings (SSSR count). The predicted octanol–water partition coefficient (Wildman–Crippen LogP) is 2.93. The molecule has 2 atom stereocenters. The second kappa shape index (κ2) is 8.32. The maximum absolute atomic E-state index is 13.9. The molecule has 0 saturated heterocycles. The molecule has 0 aliphatic heterocycles. The maximum Gasteiger partial charge on any atom is 0.129 e. The minimum Gasteiger partial charge on any atom is -0.386 e. The van der Waals surface area contributed by atoms with E-state index in [1.165, 1.54) is 35.0 Å². The van der Waals surface area contributed by atoms with Crippen LogP contribution >= 0.6 is 0 Å². The van der Waals surface area contributed by atoms with Gasteiger partial charge in [-0.2, -0.15) is 0 Å². The van der Waals surface area contributed by atoms with E-state index in [0.717, 1.165) is 6.07 Å². The van der Waals surface area contributed by atoms with Crippen molar-refractivity contribution in [1.29, 1.82) is 0 Å². The summed E-state index contributed by atoms with van der Waals surface area (Å²) in [4.78, 5) is 0. The van der Waals surface area contributed by atoms with Crippen LogP contribution in [0.1, 0.15) is 29.0 Å². The Morgan fingerprint density at radius 1 is 1.11 bits per heavy atom. The van der Waals surface area contributed by atoms with Crippen molar-refractivity contribution < 1.29 is 18.3 Å². The fourth-order valence-corrected chi connectivity index (χ4v) is 2.82. The summed E-state index contributed by atoms with van der Waals surface area (Å²) in [5.74, 6) is -1.68. The molecule has 0 fully saturated rings. The Balaban J connectivity index is 1.71. The molecule has 2 unspecified atom stereocenters. The molecule has 0 radical (unpaired) electrons. The topological polar surface area (TPSA) is 63.0 Å². The summed E-state index contributed by atoms with van der Waals surface area (Å²) >= 11 is 0. The third-order valence-corrected chi connectivity index (χ3v) is 4.29. The molecule has 142 valence electrons.